The molecule has 0 fully saturated rings. The van der Waals surface area contributed by atoms with E-state index in [1.807, 2.05) is 12.1 Å². The maximum atomic E-state index is 6.03. The van der Waals surface area contributed by atoms with E-state index in [1.165, 1.54) is 11.1 Å². The molecule has 3 heteroatoms. The molecule has 1 rings (SSSR count). The van der Waals surface area contributed by atoms with Crippen LogP contribution in [0.15, 0.2) is 18.2 Å². The largest absolute Gasteiger partial charge is 0.329 e. The van der Waals surface area contributed by atoms with Gasteiger partial charge in [-0.1, -0.05) is 38.4 Å². The molecule has 1 aromatic carbocycles. The standard InChI is InChI=1S/C16H27ClN2/c1-11-9-13(17)7-8-14(11)15(10-18)19(6)12(2)16(3,4)5/h7-9,12,15H,10,18H2,1-6H3. The molecular weight excluding hydrogens is 256 g/mol. The molecule has 2 N–H and O–H groups in total. The summed E-state index contributed by atoms with van der Waals surface area (Å²) in [4.78, 5) is 2.37. The van der Waals surface area contributed by atoms with Gasteiger partial charge in [0.15, 0.2) is 0 Å². The van der Waals surface area contributed by atoms with Crippen molar-refractivity contribution in [1.82, 2.24) is 4.90 Å². The molecule has 0 saturated heterocycles. The third-order valence-corrected chi connectivity index (χ3v) is 4.41. The highest BCUT2D eigenvalue weighted by Crippen LogP contribution is 2.31. The molecule has 0 radical (unpaired) electrons. The molecule has 108 valence electrons. The fourth-order valence-electron chi connectivity index (χ4n) is 2.41. The fourth-order valence-corrected chi connectivity index (χ4v) is 2.63. The van der Waals surface area contributed by atoms with Gasteiger partial charge in [-0.2, -0.15) is 0 Å². The Morgan fingerprint density at radius 1 is 1.32 bits per heavy atom. The first-order chi connectivity index (χ1) is 8.68. The molecular formula is C16H27ClN2. The summed E-state index contributed by atoms with van der Waals surface area (Å²) in [6.07, 6.45) is 0. The minimum absolute atomic E-state index is 0.225. The van der Waals surface area contributed by atoms with Crippen LogP contribution in [0.1, 0.15) is 44.9 Å². The Balaban J connectivity index is 3.06. The summed E-state index contributed by atoms with van der Waals surface area (Å²) in [5.74, 6) is 0. The van der Waals surface area contributed by atoms with Crippen molar-refractivity contribution in [2.75, 3.05) is 13.6 Å². The predicted octanol–water partition coefficient (Wildman–Crippen LogP) is 4.01. The van der Waals surface area contributed by atoms with E-state index in [2.05, 4.69) is 52.6 Å². The lowest BCUT2D eigenvalue weighted by molar-refractivity contribution is 0.0998. The number of nitrogens with zero attached hydrogens (tertiary/aromatic N) is 1. The number of nitrogens with two attached hydrogens (primary N) is 1. The van der Waals surface area contributed by atoms with Gasteiger partial charge >= 0.3 is 0 Å². The zero-order valence-corrected chi connectivity index (χ0v) is 13.8. The van der Waals surface area contributed by atoms with Crippen molar-refractivity contribution in [1.29, 1.82) is 0 Å². The second-order valence-electron chi connectivity index (χ2n) is 6.46. The van der Waals surface area contributed by atoms with Crippen LogP contribution in [-0.2, 0) is 0 Å². The Morgan fingerprint density at radius 2 is 1.89 bits per heavy atom. The smallest absolute Gasteiger partial charge is 0.0473 e. The van der Waals surface area contributed by atoms with Crippen molar-refractivity contribution in [2.24, 2.45) is 11.1 Å². The van der Waals surface area contributed by atoms with Gasteiger partial charge in [0.1, 0.15) is 0 Å². The van der Waals surface area contributed by atoms with E-state index >= 15 is 0 Å². The summed E-state index contributed by atoms with van der Waals surface area (Å²) in [6, 6.07) is 6.72. The molecule has 0 spiro atoms. The second-order valence-corrected chi connectivity index (χ2v) is 6.90. The third-order valence-electron chi connectivity index (χ3n) is 4.17. The highest BCUT2D eigenvalue weighted by Gasteiger charge is 2.29. The molecule has 19 heavy (non-hydrogen) atoms. The minimum Gasteiger partial charge on any atom is -0.329 e. The molecule has 2 unspecified atom stereocenters. The quantitative estimate of drug-likeness (QED) is 0.904. The normalized spacial score (nSPS) is 15.6. The summed E-state index contributed by atoms with van der Waals surface area (Å²) in [6.45, 7) is 11.7. The van der Waals surface area contributed by atoms with Gasteiger partial charge in [-0.3, -0.25) is 4.90 Å². The van der Waals surface area contributed by atoms with Crippen molar-refractivity contribution in [3.8, 4) is 0 Å². The van der Waals surface area contributed by atoms with E-state index in [9.17, 15) is 0 Å². The van der Waals surface area contributed by atoms with Crippen LogP contribution < -0.4 is 5.73 Å². The topological polar surface area (TPSA) is 29.3 Å². The van der Waals surface area contributed by atoms with Crippen LogP contribution in [0.3, 0.4) is 0 Å². The molecule has 0 aromatic heterocycles. The Morgan fingerprint density at radius 3 is 2.32 bits per heavy atom. The van der Waals surface area contributed by atoms with E-state index < -0.39 is 0 Å². The summed E-state index contributed by atoms with van der Waals surface area (Å²) in [5, 5.41) is 0.781. The van der Waals surface area contributed by atoms with E-state index in [0.29, 0.717) is 12.6 Å². The number of halogens is 1. The summed E-state index contributed by atoms with van der Waals surface area (Å²) >= 11 is 6.03. The lowest BCUT2D eigenvalue weighted by Crippen LogP contribution is -2.43. The van der Waals surface area contributed by atoms with Gasteiger partial charge in [-0.25, -0.2) is 0 Å². The molecule has 0 bridgehead atoms. The lowest BCUT2D eigenvalue weighted by atomic mass is 9.85. The summed E-state index contributed by atoms with van der Waals surface area (Å²) < 4.78 is 0. The third kappa shape index (κ3) is 3.95. The van der Waals surface area contributed by atoms with Gasteiger partial charge in [0, 0.05) is 23.7 Å². The summed E-state index contributed by atoms with van der Waals surface area (Å²) in [7, 11) is 2.15. The van der Waals surface area contributed by atoms with E-state index in [4.69, 9.17) is 17.3 Å². The van der Waals surface area contributed by atoms with Crippen molar-refractivity contribution in [3.05, 3.63) is 34.3 Å². The van der Waals surface area contributed by atoms with Gasteiger partial charge in [0.05, 0.1) is 0 Å². The molecule has 0 saturated carbocycles. The van der Waals surface area contributed by atoms with Gasteiger partial charge in [-0.15, -0.1) is 0 Å². The molecule has 0 aliphatic rings. The van der Waals surface area contributed by atoms with Gasteiger partial charge in [0.25, 0.3) is 0 Å². The molecule has 2 atom stereocenters. The first-order valence-electron chi connectivity index (χ1n) is 6.86. The van der Waals surface area contributed by atoms with Crippen LogP contribution in [0.25, 0.3) is 0 Å². The monoisotopic (exact) mass is 282 g/mol. The number of benzene rings is 1. The van der Waals surface area contributed by atoms with Crippen LogP contribution in [-0.4, -0.2) is 24.5 Å². The van der Waals surface area contributed by atoms with Gasteiger partial charge in [-0.05, 0) is 49.6 Å². The predicted molar refractivity (Wildman–Crippen MR) is 84.7 cm³/mol. The number of hydrogen-bond acceptors (Lipinski definition) is 2. The van der Waals surface area contributed by atoms with Crippen molar-refractivity contribution in [3.63, 3.8) is 0 Å². The second kappa shape index (κ2) is 6.25. The first kappa shape index (κ1) is 16.5. The van der Waals surface area contributed by atoms with Crippen LogP contribution in [0, 0.1) is 12.3 Å². The number of aryl methyl sites for hydroxylation is 1. The molecule has 1 aromatic rings. The Hall–Kier alpha value is -0.570. The zero-order chi connectivity index (χ0) is 14.8. The molecule has 2 nitrogen and oxygen atoms in total. The maximum absolute atomic E-state index is 6.03. The van der Waals surface area contributed by atoms with Crippen molar-refractivity contribution < 1.29 is 0 Å². The molecule has 0 aliphatic heterocycles. The Labute approximate surface area is 122 Å². The molecule has 0 amide bonds. The fraction of sp³-hybridized carbons (Fsp3) is 0.625. The van der Waals surface area contributed by atoms with Crippen molar-refractivity contribution >= 4 is 11.6 Å². The molecule has 0 aliphatic carbocycles. The van der Waals surface area contributed by atoms with Crippen LogP contribution in [0.4, 0.5) is 0 Å². The average molecular weight is 283 g/mol. The Bertz CT molecular complexity index is 423. The van der Waals surface area contributed by atoms with Crippen LogP contribution >= 0.6 is 11.6 Å². The lowest BCUT2D eigenvalue weighted by Gasteiger charge is -2.40. The van der Waals surface area contributed by atoms with Gasteiger partial charge in [0.2, 0.25) is 0 Å². The molecule has 0 heterocycles. The van der Waals surface area contributed by atoms with E-state index in [-0.39, 0.29) is 11.5 Å². The highest BCUT2D eigenvalue weighted by molar-refractivity contribution is 6.30. The Kier molecular flexibility index (Phi) is 5.43. The van der Waals surface area contributed by atoms with Gasteiger partial charge < -0.3 is 5.73 Å². The highest BCUT2D eigenvalue weighted by atomic mass is 35.5. The van der Waals surface area contributed by atoms with Crippen LogP contribution in [0.2, 0.25) is 5.02 Å². The maximum Gasteiger partial charge on any atom is 0.0473 e. The average Bonchev–Trinajstić information content (AvgIpc) is 2.30. The zero-order valence-electron chi connectivity index (χ0n) is 13.0. The minimum atomic E-state index is 0.225. The SMILES string of the molecule is Cc1cc(Cl)ccc1C(CN)N(C)C(C)C(C)(C)C. The van der Waals surface area contributed by atoms with E-state index in [0.717, 1.165) is 5.02 Å². The van der Waals surface area contributed by atoms with Crippen LogP contribution in [0.5, 0.6) is 0 Å². The number of hydrogen-bond donors (Lipinski definition) is 1. The number of likely N-dealkylation sites (N-methyl/N-ethyl adjacent to an activating group) is 1. The van der Waals surface area contributed by atoms with Crippen molar-refractivity contribution in [2.45, 2.75) is 46.7 Å². The summed E-state index contributed by atoms with van der Waals surface area (Å²) in [5.41, 5.74) is 8.72. The first-order valence-corrected chi connectivity index (χ1v) is 7.24. The van der Waals surface area contributed by atoms with E-state index in [1.54, 1.807) is 0 Å². The number of rotatable bonds is 4.